The van der Waals surface area contributed by atoms with Crippen molar-refractivity contribution >= 4 is 18.4 Å². The molecule has 1 aromatic rings. The highest BCUT2D eigenvalue weighted by Crippen LogP contribution is 2.19. The predicted molar refractivity (Wildman–Crippen MR) is 46.1 cm³/mol. The van der Waals surface area contributed by atoms with Gasteiger partial charge >= 0.3 is 0 Å². The number of nitrogens with zero attached hydrogens (tertiary/aromatic N) is 1. The molecule has 0 unspecified atom stereocenters. The van der Waals surface area contributed by atoms with Gasteiger partial charge in [-0.15, -0.1) is 0 Å². The van der Waals surface area contributed by atoms with Crippen LogP contribution >= 0.6 is 11.9 Å². The molecule has 0 aliphatic heterocycles. The molecule has 0 atom stereocenters. The Bertz CT molecular complexity index is 262. The van der Waals surface area contributed by atoms with Crippen molar-refractivity contribution in [3.8, 4) is 0 Å². The third kappa shape index (κ3) is 2.54. The van der Waals surface area contributed by atoms with Gasteiger partial charge < -0.3 is 0 Å². The lowest BCUT2D eigenvalue weighted by molar-refractivity contribution is -0.113. The fourth-order valence-electron chi connectivity index (χ4n) is 0.683. The summed E-state index contributed by atoms with van der Waals surface area (Å²) in [5, 5.41) is 0. The molecule has 0 fully saturated rings. The lowest BCUT2D eigenvalue weighted by Gasteiger charge is -2.07. The summed E-state index contributed by atoms with van der Waals surface area (Å²) in [5.74, 6) is -0.270. The van der Waals surface area contributed by atoms with Gasteiger partial charge in [-0.2, -0.15) is 0 Å². The van der Waals surface area contributed by atoms with Crippen LogP contribution in [0.15, 0.2) is 29.2 Å². The Labute approximate surface area is 74.5 Å². The van der Waals surface area contributed by atoms with Crippen LogP contribution in [0.5, 0.6) is 0 Å². The summed E-state index contributed by atoms with van der Waals surface area (Å²) in [5.41, 5.74) is 0. The molecule has 0 aliphatic rings. The molecule has 1 aromatic carbocycles. The number of rotatable bonds is 3. The van der Waals surface area contributed by atoms with E-state index in [1.807, 2.05) is 0 Å². The average molecular weight is 185 g/mol. The maximum atomic E-state index is 12.4. The van der Waals surface area contributed by atoms with Crippen LogP contribution in [-0.4, -0.2) is 17.8 Å². The molecule has 1 rings (SSSR count). The molecule has 0 saturated heterocycles. The summed E-state index contributed by atoms with van der Waals surface area (Å²) < 4.78 is 13.8. The van der Waals surface area contributed by atoms with Crippen molar-refractivity contribution in [1.29, 1.82) is 0 Å². The fourth-order valence-corrected chi connectivity index (χ4v) is 1.32. The molecule has 2 nitrogen and oxygen atoms in total. The summed E-state index contributed by atoms with van der Waals surface area (Å²) in [4.78, 5) is 11.0. The van der Waals surface area contributed by atoms with Crippen LogP contribution in [-0.2, 0) is 4.79 Å². The first-order valence-electron chi connectivity index (χ1n) is 3.34. The van der Waals surface area contributed by atoms with Crippen LogP contribution in [0.3, 0.4) is 0 Å². The predicted octanol–water partition coefficient (Wildman–Crippen LogP) is 1.92. The van der Waals surface area contributed by atoms with Crippen molar-refractivity contribution in [3.63, 3.8) is 0 Å². The van der Waals surface area contributed by atoms with Gasteiger partial charge in [0.1, 0.15) is 5.82 Å². The van der Waals surface area contributed by atoms with Crippen molar-refractivity contribution in [2.24, 2.45) is 0 Å². The summed E-state index contributed by atoms with van der Waals surface area (Å²) in [6.07, 6.45) is 0.702. The number of hydrogen-bond donors (Lipinski definition) is 0. The molecular formula is C8H8FNOS. The van der Waals surface area contributed by atoms with Gasteiger partial charge in [0.05, 0.1) is 0 Å². The van der Waals surface area contributed by atoms with Crippen LogP contribution in [0.4, 0.5) is 4.39 Å². The van der Waals surface area contributed by atoms with Crippen LogP contribution in [0.1, 0.15) is 0 Å². The number of carbonyl (C=O) groups is 1. The van der Waals surface area contributed by atoms with Gasteiger partial charge in [0.25, 0.3) is 0 Å². The zero-order chi connectivity index (χ0) is 8.97. The first-order valence-corrected chi connectivity index (χ1v) is 4.11. The maximum Gasteiger partial charge on any atom is 0.219 e. The molecule has 0 saturated carbocycles. The SMILES string of the molecule is CN(C=O)Sc1ccc(F)cc1. The van der Waals surface area contributed by atoms with E-state index in [1.54, 1.807) is 19.2 Å². The highest BCUT2D eigenvalue weighted by molar-refractivity contribution is 7.97. The Morgan fingerprint density at radius 3 is 2.50 bits per heavy atom. The van der Waals surface area contributed by atoms with Crippen LogP contribution in [0.25, 0.3) is 0 Å². The van der Waals surface area contributed by atoms with Gasteiger partial charge in [0.2, 0.25) is 6.41 Å². The summed E-state index contributed by atoms with van der Waals surface area (Å²) >= 11 is 1.25. The van der Waals surface area contributed by atoms with Crippen LogP contribution in [0, 0.1) is 5.82 Å². The molecule has 4 heteroatoms. The van der Waals surface area contributed by atoms with Gasteiger partial charge in [-0.05, 0) is 36.2 Å². The zero-order valence-electron chi connectivity index (χ0n) is 6.53. The first-order chi connectivity index (χ1) is 5.72. The molecule has 12 heavy (non-hydrogen) atoms. The molecule has 0 aliphatic carbocycles. The molecule has 0 aromatic heterocycles. The van der Waals surface area contributed by atoms with E-state index >= 15 is 0 Å². The van der Waals surface area contributed by atoms with E-state index in [0.29, 0.717) is 6.41 Å². The molecule has 0 heterocycles. The van der Waals surface area contributed by atoms with Crippen molar-refractivity contribution in [1.82, 2.24) is 4.31 Å². The zero-order valence-corrected chi connectivity index (χ0v) is 7.34. The van der Waals surface area contributed by atoms with E-state index in [9.17, 15) is 9.18 Å². The lowest BCUT2D eigenvalue weighted by atomic mass is 10.4. The molecule has 1 amide bonds. The second-order valence-corrected chi connectivity index (χ2v) is 3.43. The van der Waals surface area contributed by atoms with Gasteiger partial charge in [-0.1, -0.05) is 0 Å². The number of halogens is 1. The Kier molecular flexibility index (Phi) is 3.10. The normalized spacial score (nSPS) is 9.50. The van der Waals surface area contributed by atoms with E-state index in [1.165, 1.54) is 28.4 Å². The number of carbonyl (C=O) groups excluding carboxylic acids is 1. The first kappa shape index (κ1) is 9.06. The van der Waals surface area contributed by atoms with Crippen molar-refractivity contribution in [2.45, 2.75) is 4.90 Å². The van der Waals surface area contributed by atoms with Crippen molar-refractivity contribution < 1.29 is 9.18 Å². The molecule has 64 valence electrons. The van der Waals surface area contributed by atoms with E-state index in [4.69, 9.17) is 0 Å². The van der Waals surface area contributed by atoms with E-state index in [0.717, 1.165) is 4.90 Å². The number of hydrogen-bond acceptors (Lipinski definition) is 2. The molecular weight excluding hydrogens is 177 g/mol. The minimum Gasteiger partial charge on any atom is -0.288 e. The number of benzene rings is 1. The second-order valence-electron chi connectivity index (χ2n) is 2.20. The Balaban J connectivity index is 2.64. The molecule has 0 N–H and O–H groups in total. The third-order valence-corrected chi connectivity index (χ3v) is 2.07. The Morgan fingerprint density at radius 1 is 1.42 bits per heavy atom. The molecule has 0 radical (unpaired) electrons. The van der Waals surface area contributed by atoms with Crippen molar-refractivity contribution in [3.05, 3.63) is 30.1 Å². The maximum absolute atomic E-state index is 12.4. The highest BCUT2D eigenvalue weighted by atomic mass is 32.2. The minimum absolute atomic E-state index is 0.270. The third-order valence-electron chi connectivity index (χ3n) is 1.21. The van der Waals surface area contributed by atoms with Gasteiger partial charge in [-0.25, -0.2) is 4.39 Å². The minimum atomic E-state index is -0.270. The average Bonchev–Trinajstić information content (AvgIpc) is 2.09. The van der Waals surface area contributed by atoms with Gasteiger partial charge in [0.15, 0.2) is 0 Å². The quantitative estimate of drug-likeness (QED) is 0.529. The highest BCUT2D eigenvalue weighted by Gasteiger charge is 1.97. The fraction of sp³-hybridized carbons (Fsp3) is 0.125. The molecule has 0 spiro atoms. The summed E-state index contributed by atoms with van der Waals surface area (Å²) in [6.45, 7) is 0. The largest absolute Gasteiger partial charge is 0.288 e. The topological polar surface area (TPSA) is 20.3 Å². The summed E-state index contributed by atoms with van der Waals surface area (Å²) in [7, 11) is 1.64. The van der Waals surface area contributed by atoms with Gasteiger partial charge in [-0.3, -0.25) is 9.10 Å². The monoisotopic (exact) mass is 185 g/mol. The summed E-state index contributed by atoms with van der Waals surface area (Å²) in [6, 6.07) is 5.97. The van der Waals surface area contributed by atoms with E-state index < -0.39 is 0 Å². The van der Waals surface area contributed by atoms with Crippen molar-refractivity contribution in [2.75, 3.05) is 7.05 Å². The second kappa shape index (κ2) is 4.11. The van der Waals surface area contributed by atoms with Gasteiger partial charge in [0, 0.05) is 11.9 Å². The van der Waals surface area contributed by atoms with E-state index in [-0.39, 0.29) is 5.82 Å². The van der Waals surface area contributed by atoms with Crippen LogP contribution in [0.2, 0.25) is 0 Å². The standard InChI is InChI=1S/C8H8FNOS/c1-10(6-11)12-8-4-2-7(9)3-5-8/h2-6H,1H3. The molecule has 0 bridgehead atoms. The lowest BCUT2D eigenvalue weighted by Crippen LogP contribution is -2.04. The smallest absolute Gasteiger partial charge is 0.219 e. The number of amides is 1. The van der Waals surface area contributed by atoms with Crippen LogP contribution < -0.4 is 0 Å². The Morgan fingerprint density at radius 2 is 2.00 bits per heavy atom. The van der Waals surface area contributed by atoms with E-state index in [2.05, 4.69) is 0 Å². The Hall–Kier alpha value is -1.03.